The Morgan fingerprint density at radius 2 is 1.94 bits per heavy atom. The largest absolute Gasteiger partial charge is 0.390 e. The first-order valence-corrected chi connectivity index (χ1v) is 5.70. The van der Waals surface area contributed by atoms with Crippen molar-refractivity contribution in [1.82, 2.24) is 0 Å². The summed E-state index contributed by atoms with van der Waals surface area (Å²) >= 11 is 5.74. The lowest BCUT2D eigenvalue weighted by Gasteiger charge is -1.99. The molecule has 0 unspecified atom stereocenters. The van der Waals surface area contributed by atoms with Gasteiger partial charge in [0.05, 0.1) is 0 Å². The minimum absolute atomic E-state index is 0.207. The Kier molecular flexibility index (Phi) is 4.31. The molecular formula is C14H10ClFNO. The maximum Gasteiger partial charge on any atom is 0.142 e. The molecule has 1 radical (unpaired) electrons. The van der Waals surface area contributed by atoms with Crippen LogP contribution in [0, 0.1) is 5.82 Å². The molecule has 18 heavy (non-hydrogen) atoms. The lowest BCUT2D eigenvalue weighted by molar-refractivity contribution is 0.132. The van der Waals surface area contributed by atoms with Crippen molar-refractivity contribution in [3.63, 3.8) is 0 Å². The Bertz CT molecular complexity index is 540. The molecule has 2 rings (SSSR count). The van der Waals surface area contributed by atoms with E-state index in [2.05, 4.69) is 11.4 Å². The summed E-state index contributed by atoms with van der Waals surface area (Å²) in [5.41, 5.74) is 1.48. The molecule has 0 N–H and O–H groups in total. The highest BCUT2D eigenvalue weighted by Crippen LogP contribution is 2.08. The highest BCUT2D eigenvalue weighted by molar-refractivity contribution is 6.30. The molecule has 0 saturated heterocycles. The van der Waals surface area contributed by atoms with Gasteiger partial charge in [-0.3, -0.25) is 0 Å². The molecule has 0 spiro atoms. The van der Waals surface area contributed by atoms with Crippen molar-refractivity contribution in [1.29, 1.82) is 0 Å². The van der Waals surface area contributed by atoms with E-state index in [9.17, 15) is 4.39 Å². The van der Waals surface area contributed by atoms with Gasteiger partial charge in [0.15, 0.2) is 0 Å². The van der Waals surface area contributed by atoms with Gasteiger partial charge in [-0.15, -0.1) is 0 Å². The molecule has 4 heteroatoms. The van der Waals surface area contributed by atoms with Crippen LogP contribution in [0.5, 0.6) is 0 Å². The van der Waals surface area contributed by atoms with Gasteiger partial charge in [-0.05, 0) is 29.8 Å². The average molecular weight is 263 g/mol. The van der Waals surface area contributed by atoms with Gasteiger partial charge in [0, 0.05) is 10.6 Å². The van der Waals surface area contributed by atoms with Gasteiger partial charge < -0.3 is 4.84 Å². The van der Waals surface area contributed by atoms with Crippen LogP contribution in [0.15, 0.2) is 53.7 Å². The third kappa shape index (κ3) is 3.86. The first-order chi connectivity index (χ1) is 8.74. The summed E-state index contributed by atoms with van der Waals surface area (Å²) in [7, 11) is 0. The molecule has 0 fully saturated rings. The zero-order valence-electron chi connectivity index (χ0n) is 9.44. The van der Waals surface area contributed by atoms with E-state index in [0.717, 1.165) is 11.1 Å². The molecule has 0 aliphatic rings. The van der Waals surface area contributed by atoms with E-state index in [0.29, 0.717) is 5.02 Å². The second-order valence-corrected chi connectivity index (χ2v) is 4.05. The maximum atomic E-state index is 12.9. The summed E-state index contributed by atoms with van der Waals surface area (Å²) in [5.74, 6) is -0.290. The first-order valence-electron chi connectivity index (χ1n) is 5.32. The van der Waals surface area contributed by atoms with Crippen LogP contribution >= 0.6 is 11.6 Å². The molecule has 2 aromatic rings. The summed E-state index contributed by atoms with van der Waals surface area (Å²) in [4.78, 5) is 5.02. The Morgan fingerprint density at radius 1 is 1.17 bits per heavy atom. The lowest BCUT2D eigenvalue weighted by Crippen LogP contribution is -1.89. The van der Waals surface area contributed by atoms with E-state index in [4.69, 9.17) is 16.4 Å². The van der Waals surface area contributed by atoms with E-state index in [1.165, 1.54) is 12.1 Å². The number of benzene rings is 2. The fraction of sp³-hybridized carbons (Fsp3) is 0.0714. The van der Waals surface area contributed by atoms with Gasteiger partial charge in [0.1, 0.15) is 18.6 Å². The Morgan fingerprint density at radius 3 is 2.67 bits per heavy atom. The number of hydrogen-bond donors (Lipinski definition) is 0. The van der Waals surface area contributed by atoms with Crippen LogP contribution in [0.2, 0.25) is 5.02 Å². The smallest absolute Gasteiger partial charge is 0.142 e. The van der Waals surface area contributed by atoms with E-state index in [1.807, 2.05) is 0 Å². The monoisotopic (exact) mass is 262 g/mol. The molecule has 0 heterocycles. The Balaban J connectivity index is 1.87. The minimum atomic E-state index is -0.290. The van der Waals surface area contributed by atoms with Crippen molar-refractivity contribution >= 4 is 17.8 Å². The van der Waals surface area contributed by atoms with Crippen LogP contribution in [-0.4, -0.2) is 6.21 Å². The molecule has 0 saturated carbocycles. The molecule has 91 valence electrons. The predicted molar refractivity (Wildman–Crippen MR) is 69.2 cm³/mol. The van der Waals surface area contributed by atoms with Crippen LogP contribution in [0.1, 0.15) is 11.1 Å². The van der Waals surface area contributed by atoms with Crippen molar-refractivity contribution in [2.24, 2.45) is 5.16 Å². The standard InChI is InChI=1S/C14H10ClFNO/c15-13-6-4-11(5-7-13)9-17-18-10-12-2-1-3-14(16)8-12/h1-8H,10H2. The van der Waals surface area contributed by atoms with Crippen LogP contribution in [0.25, 0.3) is 0 Å². The van der Waals surface area contributed by atoms with Gasteiger partial charge in [0.25, 0.3) is 0 Å². The second-order valence-electron chi connectivity index (χ2n) is 3.61. The molecule has 2 aromatic carbocycles. The van der Waals surface area contributed by atoms with Crippen molar-refractivity contribution in [2.45, 2.75) is 6.61 Å². The van der Waals surface area contributed by atoms with Crippen LogP contribution in [0.3, 0.4) is 0 Å². The minimum Gasteiger partial charge on any atom is -0.390 e. The topological polar surface area (TPSA) is 21.6 Å². The summed E-state index contributed by atoms with van der Waals surface area (Å²) in [6.07, 6.45) is 2.71. The number of nitrogens with zero attached hydrogens (tertiary/aromatic N) is 1. The predicted octanol–water partition coefficient (Wildman–Crippen LogP) is 3.91. The first kappa shape index (κ1) is 12.6. The second kappa shape index (κ2) is 6.17. The summed E-state index contributed by atoms with van der Waals surface area (Å²) in [6.45, 7) is 0.207. The van der Waals surface area contributed by atoms with E-state index < -0.39 is 0 Å². The highest BCUT2D eigenvalue weighted by atomic mass is 35.5. The SMILES string of the molecule is Fc1cccc(CO/N=[C]\c2ccc(Cl)cc2)c1. The van der Waals surface area contributed by atoms with Gasteiger partial charge >= 0.3 is 0 Å². The normalized spacial score (nSPS) is 10.8. The molecule has 0 bridgehead atoms. The summed E-state index contributed by atoms with van der Waals surface area (Å²) in [6, 6.07) is 13.2. The quantitative estimate of drug-likeness (QED) is 0.605. The molecule has 0 atom stereocenters. The van der Waals surface area contributed by atoms with Crippen LogP contribution in [-0.2, 0) is 11.4 Å². The number of rotatable bonds is 4. The average Bonchev–Trinajstić information content (AvgIpc) is 2.37. The van der Waals surface area contributed by atoms with Crippen LogP contribution in [0.4, 0.5) is 4.39 Å². The molecule has 0 aromatic heterocycles. The van der Waals surface area contributed by atoms with Gasteiger partial charge in [-0.1, -0.05) is 41.0 Å². The van der Waals surface area contributed by atoms with Crippen molar-refractivity contribution in [3.05, 3.63) is 70.5 Å². The van der Waals surface area contributed by atoms with Crippen LogP contribution < -0.4 is 0 Å². The zero-order valence-corrected chi connectivity index (χ0v) is 10.2. The van der Waals surface area contributed by atoms with E-state index >= 15 is 0 Å². The van der Waals surface area contributed by atoms with Crippen molar-refractivity contribution < 1.29 is 9.23 Å². The fourth-order valence-electron chi connectivity index (χ4n) is 1.34. The van der Waals surface area contributed by atoms with Gasteiger partial charge in [-0.25, -0.2) is 4.39 Å². The van der Waals surface area contributed by atoms with Crippen molar-refractivity contribution in [2.75, 3.05) is 0 Å². The summed E-state index contributed by atoms with van der Waals surface area (Å²) < 4.78 is 12.9. The zero-order chi connectivity index (χ0) is 12.8. The van der Waals surface area contributed by atoms with Crippen molar-refractivity contribution in [3.8, 4) is 0 Å². The van der Waals surface area contributed by atoms with Gasteiger partial charge in [-0.2, -0.15) is 0 Å². The summed E-state index contributed by atoms with van der Waals surface area (Å²) in [5, 5.41) is 4.33. The molecular weight excluding hydrogens is 253 g/mol. The molecule has 0 aliphatic carbocycles. The number of halogens is 2. The lowest BCUT2D eigenvalue weighted by atomic mass is 10.2. The van der Waals surface area contributed by atoms with Gasteiger partial charge in [0.2, 0.25) is 0 Å². The third-order valence-electron chi connectivity index (χ3n) is 2.20. The maximum absolute atomic E-state index is 12.9. The molecule has 0 aliphatic heterocycles. The van der Waals surface area contributed by atoms with E-state index in [1.54, 1.807) is 36.4 Å². The van der Waals surface area contributed by atoms with E-state index in [-0.39, 0.29) is 12.4 Å². The Hall–Kier alpha value is -1.87. The molecule has 2 nitrogen and oxygen atoms in total. The Labute approximate surface area is 110 Å². The highest BCUT2D eigenvalue weighted by Gasteiger charge is 1.95. The molecule has 0 amide bonds. The fourth-order valence-corrected chi connectivity index (χ4v) is 1.47. The third-order valence-corrected chi connectivity index (χ3v) is 2.46. The number of hydrogen-bond acceptors (Lipinski definition) is 2.